The number of amides is 2. The highest BCUT2D eigenvalue weighted by atomic mass is 127. The minimum atomic E-state index is -0.504. The first-order chi connectivity index (χ1) is 12.5. The van der Waals surface area contributed by atoms with Crippen LogP contribution >= 0.6 is 34.2 Å². The molecule has 9 heteroatoms. The average molecular weight is 490 g/mol. The van der Waals surface area contributed by atoms with Gasteiger partial charge in [0, 0.05) is 18.8 Å². The van der Waals surface area contributed by atoms with E-state index in [4.69, 9.17) is 11.6 Å². The van der Waals surface area contributed by atoms with Crippen molar-refractivity contribution in [3.63, 3.8) is 0 Å². The highest BCUT2D eigenvalue weighted by molar-refractivity contribution is 14.1. The van der Waals surface area contributed by atoms with Crippen LogP contribution in [0.5, 0.6) is 0 Å². The van der Waals surface area contributed by atoms with E-state index in [1.807, 2.05) is 10.9 Å². The lowest BCUT2D eigenvalue weighted by Crippen LogP contribution is -2.41. The fourth-order valence-corrected chi connectivity index (χ4v) is 4.62. The van der Waals surface area contributed by atoms with Crippen molar-refractivity contribution >= 4 is 51.6 Å². The summed E-state index contributed by atoms with van der Waals surface area (Å²) in [4.78, 5) is 16.7. The number of urea groups is 1. The number of hydrogen-bond acceptors (Lipinski definition) is 3. The Balaban J connectivity index is 1.49. The van der Waals surface area contributed by atoms with Crippen LogP contribution in [-0.2, 0) is 13.1 Å². The van der Waals surface area contributed by atoms with Crippen LogP contribution in [0.4, 0.5) is 20.6 Å². The lowest BCUT2D eigenvalue weighted by Gasteiger charge is -2.30. The second-order valence-electron chi connectivity index (χ2n) is 6.45. The highest BCUT2D eigenvalue weighted by Crippen LogP contribution is 2.33. The van der Waals surface area contributed by atoms with Gasteiger partial charge in [-0.2, -0.15) is 5.10 Å². The van der Waals surface area contributed by atoms with Crippen molar-refractivity contribution in [1.82, 2.24) is 14.7 Å². The predicted octanol–water partition coefficient (Wildman–Crippen LogP) is 4.08. The van der Waals surface area contributed by atoms with Crippen LogP contribution < -0.4 is 10.2 Å². The highest BCUT2D eigenvalue weighted by Gasteiger charge is 2.30. The second-order valence-corrected chi connectivity index (χ2v) is 8.30. The molecular weight excluding hydrogens is 472 g/mol. The molecule has 2 aliphatic rings. The quantitative estimate of drug-likeness (QED) is 0.393. The summed E-state index contributed by atoms with van der Waals surface area (Å²) in [5.74, 6) is -0.504. The van der Waals surface area contributed by atoms with Crippen molar-refractivity contribution in [1.29, 1.82) is 0 Å². The Morgan fingerprint density at radius 1 is 1.35 bits per heavy atom. The molecular formula is C17H18ClFIN5O. The fraction of sp³-hybridized carbons (Fsp3) is 0.412. The van der Waals surface area contributed by atoms with E-state index in [1.165, 1.54) is 31.0 Å². The minimum absolute atomic E-state index is 0.0103. The number of rotatable bonds is 2. The number of halogens is 3. The lowest BCUT2D eigenvalue weighted by molar-refractivity contribution is 0.194. The van der Waals surface area contributed by atoms with Gasteiger partial charge in [-0.05, 0) is 31.0 Å². The van der Waals surface area contributed by atoms with E-state index in [0.29, 0.717) is 29.4 Å². The molecule has 2 amide bonds. The third-order valence-electron chi connectivity index (χ3n) is 4.80. The third kappa shape index (κ3) is 3.36. The Morgan fingerprint density at radius 3 is 2.92 bits per heavy atom. The van der Waals surface area contributed by atoms with Gasteiger partial charge in [-0.25, -0.2) is 9.18 Å². The van der Waals surface area contributed by atoms with Crippen molar-refractivity contribution in [2.24, 2.45) is 0 Å². The molecule has 4 rings (SSSR count). The molecule has 1 unspecified atom stereocenters. The molecule has 3 heterocycles. The molecule has 0 radical (unpaired) electrons. The first-order valence-electron chi connectivity index (χ1n) is 8.49. The number of carbonyl (C=O) groups excluding carboxylic acids is 1. The van der Waals surface area contributed by atoms with Crippen LogP contribution in [0, 0.1) is 5.82 Å². The minimum Gasteiger partial charge on any atom is -0.357 e. The van der Waals surface area contributed by atoms with Crippen LogP contribution in [0.2, 0.25) is 5.02 Å². The maximum atomic E-state index is 13.3. The molecule has 0 spiro atoms. The summed E-state index contributed by atoms with van der Waals surface area (Å²) in [6.45, 7) is 2.75. The van der Waals surface area contributed by atoms with Crippen molar-refractivity contribution in [2.45, 2.75) is 30.0 Å². The van der Waals surface area contributed by atoms with Gasteiger partial charge in [-0.3, -0.25) is 4.68 Å². The summed E-state index contributed by atoms with van der Waals surface area (Å²) in [5.41, 5.74) is 2.66. The monoisotopic (exact) mass is 489 g/mol. The number of nitrogens with one attached hydrogen (secondary N) is 1. The molecule has 1 saturated heterocycles. The molecule has 138 valence electrons. The van der Waals surface area contributed by atoms with Crippen molar-refractivity contribution in [3.8, 4) is 0 Å². The summed E-state index contributed by atoms with van der Waals surface area (Å²) < 4.78 is 15.7. The number of carbonyl (C=O) groups is 1. The van der Waals surface area contributed by atoms with Crippen LogP contribution in [0.25, 0.3) is 0 Å². The molecule has 2 aliphatic heterocycles. The Hall–Kier alpha value is -1.55. The number of nitrogens with zero attached hydrogens (tertiary/aromatic N) is 4. The molecule has 26 heavy (non-hydrogen) atoms. The Labute approximate surface area is 169 Å². The fourth-order valence-electron chi connectivity index (χ4n) is 3.42. The van der Waals surface area contributed by atoms with E-state index in [2.05, 4.69) is 37.9 Å². The largest absolute Gasteiger partial charge is 0.357 e. The van der Waals surface area contributed by atoms with E-state index >= 15 is 0 Å². The zero-order valence-electron chi connectivity index (χ0n) is 14.0. The van der Waals surface area contributed by atoms with Crippen molar-refractivity contribution < 1.29 is 9.18 Å². The third-order valence-corrected chi connectivity index (χ3v) is 6.38. The van der Waals surface area contributed by atoms with E-state index in [-0.39, 0.29) is 11.1 Å². The Morgan fingerprint density at radius 2 is 2.19 bits per heavy atom. The molecule has 1 atom stereocenters. The maximum absolute atomic E-state index is 13.3. The second kappa shape index (κ2) is 7.22. The molecule has 0 bridgehead atoms. The summed E-state index contributed by atoms with van der Waals surface area (Å²) >= 11 is 8.25. The van der Waals surface area contributed by atoms with Crippen molar-refractivity contribution in [3.05, 3.63) is 40.9 Å². The number of aromatic nitrogens is 2. The number of fused-ring (bicyclic) bond motifs is 1. The van der Waals surface area contributed by atoms with E-state index in [1.54, 1.807) is 4.90 Å². The number of alkyl halides is 1. The molecule has 1 aromatic heterocycles. The number of hydrogen-bond donors (Lipinski definition) is 1. The normalized spacial score (nSPS) is 19.6. The Kier molecular flexibility index (Phi) is 4.96. The standard InChI is InChI=1S/C17H18ClFIN5O/c18-12-8-11(3-4-13(12)19)22-17(26)23-6-7-25-15(10-23)14(9-21-25)24-5-1-2-16(24)20/h3-4,8-9,16H,1-2,5-7,10H2,(H,22,26). The Bertz CT molecular complexity index is 845. The lowest BCUT2D eigenvalue weighted by atomic mass is 10.2. The van der Waals surface area contributed by atoms with E-state index in [9.17, 15) is 9.18 Å². The molecule has 0 aliphatic carbocycles. The predicted molar refractivity (Wildman–Crippen MR) is 107 cm³/mol. The van der Waals surface area contributed by atoms with Gasteiger partial charge in [-0.15, -0.1) is 0 Å². The molecule has 2 aromatic rings. The first-order valence-corrected chi connectivity index (χ1v) is 10.1. The van der Waals surface area contributed by atoms with Crippen LogP contribution in [0.1, 0.15) is 18.5 Å². The molecule has 6 nitrogen and oxygen atoms in total. The van der Waals surface area contributed by atoms with Gasteiger partial charge in [0.25, 0.3) is 0 Å². The molecule has 1 N–H and O–H groups in total. The van der Waals surface area contributed by atoms with Gasteiger partial charge < -0.3 is 15.1 Å². The van der Waals surface area contributed by atoms with Gasteiger partial charge in [-0.1, -0.05) is 34.2 Å². The van der Waals surface area contributed by atoms with E-state index in [0.717, 1.165) is 17.9 Å². The average Bonchev–Trinajstić information content (AvgIpc) is 3.23. The zero-order chi connectivity index (χ0) is 18.3. The first kappa shape index (κ1) is 17.8. The van der Waals surface area contributed by atoms with Gasteiger partial charge in [0.1, 0.15) is 5.82 Å². The number of benzene rings is 1. The van der Waals surface area contributed by atoms with Gasteiger partial charge >= 0.3 is 6.03 Å². The van der Waals surface area contributed by atoms with Gasteiger partial charge in [0.2, 0.25) is 0 Å². The SMILES string of the molecule is O=C(Nc1ccc(F)c(Cl)c1)N1CCn2ncc(N3CCCC3I)c2C1. The van der Waals surface area contributed by atoms with Crippen LogP contribution in [-0.4, -0.2) is 37.8 Å². The van der Waals surface area contributed by atoms with Crippen LogP contribution in [0.15, 0.2) is 24.4 Å². The summed E-state index contributed by atoms with van der Waals surface area (Å²) in [6, 6.07) is 3.94. The topological polar surface area (TPSA) is 53.4 Å². The summed E-state index contributed by atoms with van der Waals surface area (Å²) in [7, 11) is 0. The summed E-state index contributed by atoms with van der Waals surface area (Å²) in [6.07, 6.45) is 4.25. The molecule has 1 fully saturated rings. The summed E-state index contributed by atoms with van der Waals surface area (Å²) in [5, 5.41) is 7.27. The molecule has 0 saturated carbocycles. The van der Waals surface area contributed by atoms with Crippen molar-refractivity contribution in [2.75, 3.05) is 23.3 Å². The van der Waals surface area contributed by atoms with E-state index < -0.39 is 5.82 Å². The zero-order valence-corrected chi connectivity index (χ0v) is 16.9. The smallest absolute Gasteiger partial charge is 0.322 e. The number of anilines is 2. The van der Waals surface area contributed by atoms with Gasteiger partial charge in [0.05, 0.1) is 39.7 Å². The molecule has 1 aromatic carbocycles. The van der Waals surface area contributed by atoms with Gasteiger partial charge in [0.15, 0.2) is 0 Å². The van der Waals surface area contributed by atoms with Crippen LogP contribution in [0.3, 0.4) is 0 Å². The maximum Gasteiger partial charge on any atom is 0.322 e.